The lowest BCUT2D eigenvalue weighted by Gasteiger charge is -2.30. The fraction of sp³-hybridized carbons (Fsp3) is 0.512. The van der Waals surface area contributed by atoms with Crippen LogP contribution in [0.2, 0.25) is 0 Å². The Balaban J connectivity index is 1.97. The highest BCUT2D eigenvalue weighted by Crippen LogP contribution is 2.17. The molecule has 2 aromatic rings. The van der Waals surface area contributed by atoms with E-state index in [1.54, 1.807) is 50.4 Å². The van der Waals surface area contributed by atoms with Crippen LogP contribution >= 0.6 is 23.5 Å². The van der Waals surface area contributed by atoms with Gasteiger partial charge in [0.15, 0.2) is 0 Å². The molecule has 1 heterocycles. The molecule has 0 saturated carbocycles. The Hall–Kier alpha value is -5.75. The molecule has 1 aliphatic rings. The van der Waals surface area contributed by atoms with Crippen molar-refractivity contribution in [3.8, 4) is 5.75 Å². The van der Waals surface area contributed by atoms with Gasteiger partial charge in [0.1, 0.15) is 42.0 Å². The highest BCUT2D eigenvalue weighted by molar-refractivity contribution is 8.13. The van der Waals surface area contributed by atoms with Crippen LogP contribution in [0, 0.1) is 5.92 Å². The molecule has 7 amide bonds. The molecule has 0 aromatic heterocycles. The molecule has 1 fully saturated rings. The maximum Gasteiger partial charge on any atom is 0.305 e. The minimum absolute atomic E-state index is 0.0130. The zero-order chi connectivity index (χ0) is 49.1. The lowest BCUT2D eigenvalue weighted by molar-refractivity contribution is -0.141. The van der Waals surface area contributed by atoms with Crippen LogP contribution in [0.4, 0.5) is 0 Å². The van der Waals surface area contributed by atoms with Crippen molar-refractivity contribution in [1.29, 1.82) is 0 Å². The summed E-state index contributed by atoms with van der Waals surface area (Å²) in [4.78, 5) is 122. The summed E-state index contributed by atoms with van der Waals surface area (Å²) in [6.45, 7) is 3.64. The molecule has 0 unspecified atom stereocenters. The summed E-state index contributed by atoms with van der Waals surface area (Å²) in [6, 6.07) is 2.15. The van der Waals surface area contributed by atoms with Crippen molar-refractivity contribution in [1.82, 2.24) is 37.2 Å². The van der Waals surface area contributed by atoms with Crippen LogP contribution in [0.3, 0.4) is 0 Å². The van der Waals surface area contributed by atoms with Gasteiger partial charge in [-0.15, -0.1) is 0 Å². The quantitative estimate of drug-likeness (QED) is 0.0712. The van der Waals surface area contributed by atoms with E-state index in [2.05, 4.69) is 37.2 Å². The van der Waals surface area contributed by atoms with E-state index in [-0.39, 0.29) is 25.0 Å². The van der Waals surface area contributed by atoms with Gasteiger partial charge in [-0.05, 0) is 61.0 Å². The van der Waals surface area contributed by atoms with E-state index in [4.69, 9.17) is 5.73 Å². The number of thioether (sulfide) groups is 2. The lowest BCUT2D eigenvalue weighted by Crippen LogP contribution is -2.63. The average Bonchev–Trinajstić information content (AvgIpc) is 3.28. The number of carboxylic acids is 1. The van der Waals surface area contributed by atoms with Crippen molar-refractivity contribution in [2.24, 2.45) is 11.7 Å². The van der Waals surface area contributed by atoms with Crippen LogP contribution in [0.25, 0.3) is 0 Å². The Morgan fingerprint density at radius 1 is 0.818 bits per heavy atom. The Morgan fingerprint density at radius 2 is 1.44 bits per heavy atom. The Morgan fingerprint density at radius 3 is 2.03 bits per heavy atom. The van der Waals surface area contributed by atoms with Crippen LogP contribution in [0.5, 0.6) is 5.75 Å². The van der Waals surface area contributed by atoms with Gasteiger partial charge in [0.05, 0.1) is 31.2 Å². The maximum atomic E-state index is 14.1. The zero-order valence-corrected chi connectivity index (χ0v) is 38.6. The number of hydrogen-bond acceptors (Lipinski definition) is 15. The molecule has 66 heavy (non-hydrogen) atoms. The fourth-order valence-electron chi connectivity index (χ4n) is 6.51. The van der Waals surface area contributed by atoms with Crippen molar-refractivity contribution < 1.29 is 63.6 Å². The highest BCUT2D eigenvalue weighted by atomic mass is 32.2. The number of nitrogens with one attached hydrogen (secondary N) is 7. The topological polar surface area (TPSA) is 345 Å². The third kappa shape index (κ3) is 17.2. The molecular weight excluding hydrogens is 901 g/mol. The number of aliphatic carboxylic acids is 1. The smallest absolute Gasteiger partial charge is 0.305 e. The predicted molar refractivity (Wildman–Crippen MR) is 244 cm³/mol. The number of carbonyl (C=O) groups is 9. The molecule has 23 heteroatoms. The molecule has 1 saturated heterocycles. The second-order valence-electron chi connectivity index (χ2n) is 15.8. The number of aliphatic hydroxyl groups is 2. The first-order valence-electron chi connectivity index (χ1n) is 21.1. The van der Waals surface area contributed by atoms with Gasteiger partial charge in [-0.1, -0.05) is 74.5 Å². The zero-order valence-electron chi connectivity index (χ0n) is 37.0. The summed E-state index contributed by atoms with van der Waals surface area (Å²) >= 11 is 1.90. The largest absolute Gasteiger partial charge is 0.508 e. The lowest BCUT2D eigenvalue weighted by atomic mass is 9.96. The summed E-state index contributed by atoms with van der Waals surface area (Å²) in [5.74, 6) is -9.21. The number of aromatic hydroxyl groups is 1. The number of carbonyl (C=O) groups excluding carboxylic acids is 8. The first kappa shape index (κ1) is 54.6. The molecule has 13 N–H and O–H groups in total. The summed E-state index contributed by atoms with van der Waals surface area (Å²) in [6.07, 6.45) is -0.507. The molecule has 0 radical (unpaired) electrons. The average molecular weight is 961 g/mol. The molecule has 0 aliphatic carbocycles. The van der Waals surface area contributed by atoms with Crippen LogP contribution < -0.4 is 43.0 Å². The SMILES string of the molecule is CC[C@H](C)[C@@H]1NC(=O)[C@H](Cc2ccccc2)NC(=O)[C@H](CC(=O)O)NC(=O)[C@@H](NC(=O)[C@@H](NC(=O)[C@H](CO)NC(=O)[C@@H](N)Cc2ccc(O)cc2)[C@@H](C)O)CSC(=O)[C@H](CCSC)NC1=O. The molecule has 3 rings (SSSR count). The van der Waals surface area contributed by atoms with Gasteiger partial charge in [-0.25, -0.2) is 0 Å². The molecule has 0 spiro atoms. The monoisotopic (exact) mass is 960 g/mol. The number of phenols is 1. The Kier molecular flexibility index (Phi) is 22.3. The summed E-state index contributed by atoms with van der Waals surface area (Å²) in [5, 5.41) is 56.4. The standard InChI is InChI=1S/C43H60N8O13S2/c1-5-22(2)34-41(62)45-28(15-16-65-4)43(64)66-21-32(40(61)47-30(19-33(55)56)37(58)46-29(38(59)50-34)18-24-9-7-6-8-10-24)49-42(63)35(23(3)53)51-39(60)31(20-52)48-36(57)27(44)17-25-11-13-26(54)14-12-25/h6-14,22-23,27-32,34-35,52-54H,5,15-21,44H2,1-4H3,(H,45,62)(H,46,58)(H,47,61)(H,48,57)(H,49,63)(H,50,59)(H,51,60)(H,55,56)/t22-,23+,27-,28-,29-,30-,31-,32-,34-,35-/m0/s1. The molecule has 1 aliphatic heterocycles. The second-order valence-corrected chi connectivity index (χ2v) is 17.8. The minimum atomic E-state index is -1.87. The van der Waals surface area contributed by atoms with E-state index in [1.807, 2.05) is 0 Å². The molecule has 2 aromatic carbocycles. The van der Waals surface area contributed by atoms with Crippen LogP contribution in [0.1, 0.15) is 51.2 Å². The fourth-order valence-corrected chi connectivity index (χ4v) is 7.93. The molecule has 0 bridgehead atoms. The van der Waals surface area contributed by atoms with Crippen LogP contribution in [0.15, 0.2) is 54.6 Å². The van der Waals surface area contributed by atoms with E-state index >= 15 is 0 Å². The molecule has 21 nitrogen and oxygen atoms in total. The van der Waals surface area contributed by atoms with E-state index in [1.165, 1.54) is 36.0 Å². The van der Waals surface area contributed by atoms with Crippen LogP contribution in [-0.4, -0.2) is 152 Å². The summed E-state index contributed by atoms with van der Waals surface area (Å²) in [7, 11) is 0. The first-order valence-corrected chi connectivity index (χ1v) is 23.5. The molecule has 10 atom stereocenters. The van der Waals surface area contributed by atoms with Gasteiger partial charge < -0.3 is 63.4 Å². The van der Waals surface area contributed by atoms with Gasteiger partial charge in [0.2, 0.25) is 46.5 Å². The third-order valence-corrected chi connectivity index (χ3v) is 12.3. The van der Waals surface area contributed by atoms with Crippen molar-refractivity contribution in [2.45, 2.75) is 107 Å². The van der Waals surface area contributed by atoms with Crippen molar-refractivity contribution in [2.75, 3.05) is 24.4 Å². The molecular formula is C43H60N8O13S2. The highest BCUT2D eigenvalue weighted by Gasteiger charge is 2.38. The summed E-state index contributed by atoms with van der Waals surface area (Å²) < 4.78 is 0. The molecule has 362 valence electrons. The predicted octanol–water partition coefficient (Wildman–Crippen LogP) is -2.18. The van der Waals surface area contributed by atoms with Crippen molar-refractivity contribution in [3.05, 3.63) is 65.7 Å². The van der Waals surface area contributed by atoms with Crippen molar-refractivity contribution >= 4 is 76.0 Å². The van der Waals surface area contributed by atoms with Gasteiger partial charge in [0, 0.05) is 12.2 Å². The number of aliphatic hydroxyl groups excluding tert-OH is 2. The van der Waals surface area contributed by atoms with E-state index in [0.717, 1.165) is 6.92 Å². The normalized spacial score (nSPS) is 22.2. The van der Waals surface area contributed by atoms with Gasteiger partial charge in [-0.3, -0.25) is 43.2 Å². The van der Waals surface area contributed by atoms with E-state index < -0.39 is 132 Å². The Bertz CT molecular complexity index is 2010. The van der Waals surface area contributed by atoms with E-state index in [9.17, 15) is 63.6 Å². The number of carboxylic acid groups (broad SMARTS) is 1. The minimum Gasteiger partial charge on any atom is -0.508 e. The van der Waals surface area contributed by atoms with Gasteiger partial charge in [-0.2, -0.15) is 11.8 Å². The van der Waals surface area contributed by atoms with Crippen LogP contribution in [-0.2, 0) is 56.0 Å². The van der Waals surface area contributed by atoms with Crippen molar-refractivity contribution in [3.63, 3.8) is 0 Å². The van der Waals surface area contributed by atoms with E-state index in [0.29, 0.717) is 35.1 Å². The summed E-state index contributed by atoms with van der Waals surface area (Å²) in [5.41, 5.74) is 7.16. The number of hydrogen-bond donors (Lipinski definition) is 12. The number of nitrogens with two attached hydrogens (primary N) is 1. The Labute approximate surface area is 390 Å². The number of amides is 7. The third-order valence-electron chi connectivity index (χ3n) is 10.6. The number of phenolic OH excluding ortho intramolecular Hbond substituents is 1. The number of benzene rings is 2. The van der Waals surface area contributed by atoms with Gasteiger partial charge in [0.25, 0.3) is 0 Å². The second kappa shape index (κ2) is 27.0. The van der Waals surface area contributed by atoms with Gasteiger partial charge >= 0.3 is 5.97 Å². The first-order chi connectivity index (χ1) is 31.3. The maximum absolute atomic E-state index is 14.1. The number of rotatable bonds is 19.